The molecule has 1 rings (SSSR count). The molecule has 0 radical (unpaired) electrons. The highest BCUT2D eigenvalue weighted by molar-refractivity contribution is 5.06. The Bertz CT molecular complexity index is 318. The lowest BCUT2D eigenvalue weighted by Gasteiger charge is -2.07. The molecule has 12 heavy (non-hydrogen) atoms. The zero-order valence-electron chi connectivity index (χ0n) is 7.29. The molecule has 1 heterocycles. The highest BCUT2D eigenvalue weighted by Gasteiger charge is 2.05. The van der Waals surface area contributed by atoms with Gasteiger partial charge in [0.15, 0.2) is 0 Å². The molecule has 3 N–H and O–H groups in total. The van der Waals surface area contributed by atoms with Crippen molar-refractivity contribution in [2.45, 2.75) is 26.3 Å². The lowest BCUT2D eigenvalue weighted by Crippen LogP contribution is -2.17. The molecule has 66 valence electrons. The number of H-pyrrole nitrogens is 1. The van der Waals surface area contributed by atoms with Gasteiger partial charge in [-0.1, -0.05) is 6.92 Å². The van der Waals surface area contributed by atoms with Crippen molar-refractivity contribution in [3.8, 4) is 0 Å². The summed E-state index contributed by atoms with van der Waals surface area (Å²) in [7, 11) is 0. The SMILES string of the molecule is CCC(N)c1cc(=O)[nH]c(C)n1. The van der Waals surface area contributed by atoms with E-state index < -0.39 is 0 Å². The van der Waals surface area contributed by atoms with Gasteiger partial charge in [-0.15, -0.1) is 0 Å². The summed E-state index contributed by atoms with van der Waals surface area (Å²) in [6.45, 7) is 3.70. The molecule has 0 aromatic carbocycles. The molecule has 0 aliphatic carbocycles. The van der Waals surface area contributed by atoms with Crippen LogP contribution in [0.25, 0.3) is 0 Å². The fourth-order valence-corrected chi connectivity index (χ4v) is 1.00. The van der Waals surface area contributed by atoms with Gasteiger partial charge in [0.25, 0.3) is 5.56 Å². The maximum Gasteiger partial charge on any atom is 0.251 e. The first-order valence-corrected chi connectivity index (χ1v) is 3.97. The van der Waals surface area contributed by atoms with Gasteiger partial charge in [-0.2, -0.15) is 0 Å². The van der Waals surface area contributed by atoms with Gasteiger partial charge in [-0.05, 0) is 13.3 Å². The number of nitrogens with zero attached hydrogens (tertiary/aromatic N) is 1. The van der Waals surface area contributed by atoms with Crippen LogP contribution in [0.4, 0.5) is 0 Å². The lowest BCUT2D eigenvalue weighted by molar-refractivity contribution is 0.666. The molecule has 1 aromatic heterocycles. The average molecular weight is 167 g/mol. The highest BCUT2D eigenvalue weighted by atomic mass is 16.1. The Hall–Kier alpha value is -1.16. The Kier molecular flexibility index (Phi) is 2.60. The van der Waals surface area contributed by atoms with Crippen LogP contribution in [0.15, 0.2) is 10.9 Å². The van der Waals surface area contributed by atoms with Gasteiger partial charge in [0.05, 0.1) is 5.69 Å². The van der Waals surface area contributed by atoms with Crippen LogP contribution in [-0.2, 0) is 0 Å². The molecule has 4 heteroatoms. The van der Waals surface area contributed by atoms with Crippen LogP contribution < -0.4 is 11.3 Å². The average Bonchev–Trinajstić information content (AvgIpc) is 2.01. The van der Waals surface area contributed by atoms with Gasteiger partial charge in [-0.3, -0.25) is 4.79 Å². The van der Waals surface area contributed by atoms with Crippen LogP contribution in [0.1, 0.15) is 30.9 Å². The van der Waals surface area contributed by atoms with Gasteiger partial charge >= 0.3 is 0 Å². The Labute approximate surface area is 70.8 Å². The van der Waals surface area contributed by atoms with Crippen molar-refractivity contribution in [1.29, 1.82) is 0 Å². The van der Waals surface area contributed by atoms with E-state index in [2.05, 4.69) is 9.97 Å². The first kappa shape index (κ1) is 8.93. The summed E-state index contributed by atoms with van der Waals surface area (Å²) in [5.74, 6) is 0.612. The molecule has 0 amide bonds. The highest BCUT2D eigenvalue weighted by Crippen LogP contribution is 2.07. The Morgan fingerprint density at radius 2 is 2.42 bits per heavy atom. The number of aryl methyl sites for hydroxylation is 1. The van der Waals surface area contributed by atoms with Crippen molar-refractivity contribution in [3.05, 3.63) is 27.9 Å². The van der Waals surface area contributed by atoms with Crippen molar-refractivity contribution >= 4 is 0 Å². The summed E-state index contributed by atoms with van der Waals surface area (Å²) in [5, 5.41) is 0. The van der Waals surface area contributed by atoms with E-state index in [1.807, 2.05) is 6.92 Å². The minimum Gasteiger partial charge on any atom is -0.323 e. The Morgan fingerprint density at radius 3 is 2.92 bits per heavy atom. The summed E-state index contributed by atoms with van der Waals surface area (Å²) in [4.78, 5) is 17.7. The van der Waals surface area contributed by atoms with Gasteiger partial charge < -0.3 is 10.7 Å². The Balaban J connectivity index is 3.08. The minimum atomic E-state index is -0.138. The molecule has 0 aliphatic heterocycles. The van der Waals surface area contributed by atoms with Crippen LogP contribution in [-0.4, -0.2) is 9.97 Å². The predicted octanol–water partition coefficient (Wildman–Crippen LogP) is 0.488. The molecule has 0 fully saturated rings. The van der Waals surface area contributed by atoms with E-state index in [1.165, 1.54) is 6.07 Å². The molecule has 0 spiro atoms. The number of nitrogens with two attached hydrogens (primary N) is 1. The third-order valence-corrected chi connectivity index (χ3v) is 1.70. The standard InChI is InChI=1S/C8H13N3O/c1-3-6(9)7-4-8(12)11-5(2)10-7/h4,6H,3,9H2,1-2H3,(H,10,11,12). The summed E-state index contributed by atoms with van der Waals surface area (Å²) < 4.78 is 0. The quantitative estimate of drug-likeness (QED) is 0.673. The van der Waals surface area contributed by atoms with Crippen LogP contribution in [0.5, 0.6) is 0 Å². The van der Waals surface area contributed by atoms with E-state index in [0.29, 0.717) is 11.5 Å². The number of nitrogens with one attached hydrogen (secondary N) is 1. The monoisotopic (exact) mass is 167 g/mol. The molecule has 0 saturated carbocycles. The van der Waals surface area contributed by atoms with Crippen LogP contribution in [0.2, 0.25) is 0 Å². The van der Waals surface area contributed by atoms with E-state index in [9.17, 15) is 4.79 Å². The number of hydrogen-bond donors (Lipinski definition) is 2. The second kappa shape index (κ2) is 3.49. The van der Waals surface area contributed by atoms with Crippen molar-refractivity contribution in [1.82, 2.24) is 9.97 Å². The fourth-order valence-electron chi connectivity index (χ4n) is 1.00. The summed E-state index contributed by atoms with van der Waals surface area (Å²) in [6.07, 6.45) is 0.788. The maximum atomic E-state index is 11.0. The minimum absolute atomic E-state index is 0.133. The predicted molar refractivity (Wildman–Crippen MR) is 46.8 cm³/mol. The normalized spacial score (nSPS) is 12.9. The molecule has 0 aliphatic rings. The number of aromatic nitrogens is 2. The van der Waals surface area contributed by atoms with E-state index in [-0.39, 0.29) is 11.6 Å². The topological polar surface area (TPSA) is 71.8 Å². The van der Waals surface area contributed by atoms with E-state index in [4.69, 9.17) is 5.73 Å². The molecule has 1 atom stereocenters. The third kappa shape index (κ3) is 1.92. The van der Waals surface area contributed by atoms with Crippen molar-refractivity contribution in [2.75, 3.05) is 0 Å². The summed E-state index contributed by atoms with van der Waals surface area (Å²) in [6, 6.07) is 1.31. The lowest BCUT2D eigenvalue weighted by atomic mass is 10.1. The Morgan fingerprint density at radius 1 is 1.75 bits per heavy atom. The second-order valence-corrected chi connectivity index (χ2v) is 2.77. The second-order valence-electron chi connectivity index (χ2n) is 2.77. The first-order chi connectivity index (χ1) is 5.63. The third-order valence-electron chi connectivity index (χ3n) is 1.70. The molecule has 0 saturated heterocycles. The van der Waals surface area contributed by atoms with Crippen molar-refractivity contribution < 1.29 is 0 Å². The molecule has 1 aromatic rings. The van der Waals surface area contributed by atoms with Crippen LogP contribution >= 0.6 is 0 Å². The van der Waals surface area contributed by atoms with Gasteiger partial charge in [0.1, 0.15) is 5.82 Å². The summed E-state index contributed by atoms with van der Waals surface area (Å²) in [5.41, 5.74) is 6.24. The largest absolute Gasteiger partial charge is 0.323 e. The fraction of sp³-hybridized carbons (Fsp3) is 0.500. The molecular weight excluding hydrogens is 154 g/mol. The van der Waals surface area contributed by atoms with Gasteiger partial charge in [-0.25, -0.2) is 4.98 Å². The summed E-state index contributed by atoms with van der Waals surface area (Å²) >= 11 is 0. The molecule has 1 unspecified atom stereocenters. The van der Waals surface area contributed by atoms with E-state index >= 15 is 0 Å². The number of aromatic amines is 1. The first-order valence-electron chi connectivity index (χ1n) is 3.97. The van der Waals surface area contributed by atoms with E-state index in [0.717, 1.165) is 6.42 Å². The van der Waals surface area contributed by atoms with Crippen LogP contribution in [0.3, 0.4) is 0 Å². The van der Waals surface area contributed by atoms with Gasteiger partial charge in [0, 0.05) is 12.1 Å². The van der Waals surface area contributed by atoms with Crippen molar-refractivity contribution in [2.24, 2.45) is 5.73 Å². The molecular formula is C8H13N3O. The molecule has 0 bridgehead atoms. The van der Waals surface area contributed by atoms with Gasteiger partial charge in [0.2, 0.25) is 0 Å². The van der Waals surface area contributed by atoms with Crippen LogP contribution in [0, 0.1) is 6.92 Å². The van der Waals surface area contributed by atoms with E-state index in [1.54, 1.807) is 6.92 Å². The number of rotatable bonds is 2. The maximum absolute atomic E-state index is 11.0. The molecule has 4 nitrogen and oxygen atoms in total. The zero-order valence-corrected chi connectivity index (χ0v) is 7.29. The number of hydrogen-bond acceptors (Lipinski definition) is 3. The smallest absolute Gasteiger partial charge is 0.251 e. The zero-order chi connectivity index (χ0) is 9.14. The van der Waals surface area contributed by atoms with Crippen molar-refractivity contribution in [3.63, 3.8) is 0 Å².